The first-order valence-electron chi connectivity index (χ1n) is 5.64. The van der Waals surface area contributed by atoms with Gasteiger partial charge in [-0.3, -0.25) is 4.79 Å². The average Bonchev–Trinajstić information content (AvgIpc) is 2.28. The SMILES string of the molecule is CC(C)N(CCC#N)C(=O)c1c(O)cccc1F. The molecule has 1 aromatic carbocycles. The minimum absolute atomic E-state index is 0.166. The number of phenols is 1. The molecule has 0 aliphatic rings. The Balaban J connectivity index is 3.07. The van der Waals surface area contributed by atoms with Crippen molar-refractivity contribution < 1.29 is 14.3 Å². The third-order valence-corrected chi connectivity index (χ3v) is 2.55. The summed E-state index contributed by atoms with van der Waals surface area (Å²) >= 11 is 0. The molecule has 0 radical (unpaired) electrons. The number of hydrogen-bond donors (Lipinski definition) is 1. The normalized spacial score (nSPS) is 10.2. The predicted octanol–water partition coefficient (Wildman–Crippen LogP) is 2.30. The third kappa shape index (κ3) is 2.98. The van der Waals surface area contributed by atoms with Gasteiger partial charge in [-0.15, -0.1) is 0 Å². The first kappa shape index (κ1) is 14.0. The Bertz CT molecular complexity index is 460. The van der Waals surface area contributed by atoms with Crippen LogP contribution in [0.4, 0.5) is 4.39 Å². The molecule has 0 fully saturated rings. The molecule has 18 heavy (non-hydrogen) atoms. The molecule has 0 aliphatic heterocycles. The minimum Gasteiger partial charge on any atom is -0.507 e. The number of phenolic OH excluding ortho intramolecular Hbond substituents is 1. The van der Waals surface area contributed by atoms with E-state index in [0.717, 1.165) is 6.07 Å². The molecule has 5 heteroatoms. The van der Waals surface area contributed by atoms with Gasteiger partial charge >= 0.3 is 0 Å². The van der Waals surface area contributed by atoms with Crippen LogP contribution in [0, 0.1) is 17.1 Å². The summed E-state index contributed by atoms with van der Waals surface area (Å²) in [6, 6.07) is 5.48. The first-order valence-corrected chi connectivity index (χ1v) is 5.64. The molecule has 0 aliphatic carbocycles. The van der Waals surface area contributed by atoms with Crippen molar-refractivity contribution in [2.75, 3.05) is 6.54 Å². The Morgan fingerprint density at radius 2 is 2.22 bits per heavy atom. The fraction of sp³-hybridized carbons (Fsp3) is 0.385. The Morgan fingerprint density at radius 3 is 2.72 bits per heavy atom. The second-order valence-electron chi connectivity index (χ2n) is 4.13. The topological polar surface area (TPSA) is 64.3 Å². The van der Waals surface area contributed by atoms with E-state index in [0.29, 0.717) is 0 Å². The number of nitrogens with zero attached hydrogens (tertiary/aromatic N) is 2. The smallest absolute Gasteiger partial charge is 0.260 e. The maximum atomic E-state index is 13.6. The van der Waals surface area contributed by atoms with Gasteiger partial charge in [0.15, 0.2) is 0 Å². The fourth-order valence-electron chi connectivity index (χ4n) is 1.63. The molecule has 0 heterocycles. The molecule has 1 N–H and O–H groups in total. The van der Waals surface area contributed by atoms with Crippen LogP contribution in [0.15, 0.2) is 18.2 Å². The molecule has 1 rings (SSSR count). The Kier molecular flexibility index (Phi) is 4.67. The number of carbonyl (C=O) groups is 1. The van der Waals surface area contributed by atoms with Crippen LogP contribution in [0.1, 0.15) is 30.6 Å². The van der Waals surface area contributed by atoms with Gasteiger partial charge in [-0.1, -0.05) is 6.07 Å². The Morgan fingerprint density at radius 1 is 1.56 bits per heavy atom. The highest BCUT2D eigenvalue weighted by atomic mass is 19.1. The van der Waals surface area contributed by atoms with E-state index in [9.17, 15) is 14.3 Å². The molecule has 0 bridgehead atoms. The van der Waals surface area contributed by atoms with E-state index in [4.69, 9.17) is 5.26 Å². The molecule has 96 valence electrons. The number of hydrogen-bond acceptors (Lipinski definition) is 3. The molecule has 0 saturated carbocycles. The van der Waals surface area contributed by atoms with Crippen LogP contribution in [0.5, 0.6) is 5.75 Å². The van der Waals surface area contributed by atoms with E-state index in [1.54, 1.807) is 13.8 Å². The van der Waals surface area contributed by atoms with Gasteiger partial charge in [-0.25, -0.2) is 4.39 Å². The van der Waals surface area contributed by atoms with Crippen LogP contribution in [0.2, 0.25) is 0 Å². The van der Waals surface area contributed by atoms with Crippen LogP contribution in [-0.4, -0.2) is 28.5 Å². The van der Waals surface area contributed by atoms with Gasteiger partial charge in [0, 0.05) is 12.6 Å². The first-order chi connectivity index (χ1) is 8.49. The molecule has 1 amide bonds. The monoisotopic (exact) mass is 250 g/mol. The van der Waals surface area contributed by atoms with Crippen LogP contribution >= 0.6 is 0 Å². The van der Waals surface area contributed by atoms with Crippen LogP contribution < -0.4 is 0 Å². The number of rotatable bonds is 4. The molecule has 0 saturated heterocycles. The molecular formula is C13H15FN2O2. The fourth-order valence-corrected chi connectivity index (χ4v) is 1.63. The molecule has 0 aromatic heterocycles. The molecule has 0 spiro atoms. The van der Waals surface area contributed by atoms with E-state index >= 15 is 0 Å². The van der Waals surface area contributed by atoms with Crippen LogP contribution in [-0.2, 0) is 0 Å². The summed E-state index contributed by atoms with van der Waals surface area (Å²) in [6.45, 7) is 3.75. The van der Waals surface area contributed by atoms with Crippen LogP contribution in [0.25, 0.3) is 0 Å². The van der Waals surface area contributed by atoms with Gasteiger partial charge < -0.3 is 10.0 Å². The maximum Gasteiger partial charge on any atom is 0.260 e. The highest BCUT2D eigenvalue weighted by molar-refractivity contribution is 5.97. The predicted molar refractivity (Wildman–Crippen MR) is 64.5 cm³/mol. The molecule has 0 atom stereocenters. The summed E-state index contributed by atoms with van der Waals surface area (Å²) in [5.74, 6) is -1.75. The molecular weight excluding hydrogens is 235 g/mol. The average molecular weight is 250 g/mol. The van der Waals surface area contributed by atoms with Gasteiger partial charge in [0.25, 0.3) is 5.91 Å². The van der Waals surface area contributed by atoms with Crippen molar-refractivity contribution >= 4 is 5.91 Å². The van der Waals surface area contributed by atoms with Gasteiger partial charge in [-0.2, -0.15) is 5.26 Å². The lowest BCUT2D eigenvalue weighted by atomic mass is 10.1. The van der Waals surface area contributed by atoms with Gasteiger partial charge in [-0.05, 0) is 26.0 Å². The zero-order valence-electron chi connectivity index (χ0n) is 10.4. The standard InChI is InChI=1S/C13H15FN2O2/c1-9(2)16(8-4-7-15)13(18)12-10(14)5-3-6-11(12)17/h3,5-6,9,17H,4,8H2,1-2H3. The third-order valence-electron chi connectivity index (χ3n) is 2.55. The number of carbonyl (C=O) groups excluding carboxylic acids is 1. The minimum atomic E-state index is -0.761. The summed E-state index contributed by atoms with van der Waals surface area (Å²) in [7, 11) is 0. The lowest BCUT2D eigenvalue weighted by Crippen LogP contribution is -2.38. The summed E-state index contributed by atoms with van der Waals surface area (Å²) in [6.07, 6.45) is 0.166. The highest BCUT2D eigenvalue weighted by Gasteiger charge is 2.24. The van der Waals surface area contributed by atoms with Crippen molar-refractivity contribution in [3.8, 4) is 11.8 Å². The summed E-state index contributed by atoms with van der Waals surface area (Å²) in [4.78, 5) is 13.5. The van der Waals surface area contributed by atoms with E-state index < -0.39 is 11.7 Å². The quantitative estimate of drug-likeness (QED) is 0.891. The summed E-state index contributed by atoms with van der Waals surface area (Å²) < 4.78 is 13.6. The van der Waals surface area contributed by atoms with Crippen molar-refractivity contribution in [1.29, 1.82) is 5.26 Å². The van der Waals surface area contributed by atoms with Gasteiger partial charge in [0.2, 0.25) is 0 Å². The largest absolute Gasteiger partial charge is 0.507 e. The number of amides is 1. The summed E-state index contributed by atoms with van der Waals surface area (Å²) in [5, 5.41) is 18.1. The number of aromatic hydroxyl groups is 1. The molecule has 0 unspecified atom stereocenters. The number of nitriles is 1. The number of benzene rings is 1. The Labute approximate surface area is 105 Å². The second kappa shape index (κ2) is 6.01. The highest BCUT2D eigenvalue weighted by Crippen LogP contribution is 2.22. The van der Waals surface area contributed by atoms with Crippen molar-refractivity contribution in [2.45, 2.75) is 26.3 Å². The zero-order chi connectivity index (χ0) is 13.7. The van der Waals surface area contributed by atoms with Crippen LogP contribution in [0.3, 0.4) is 0 Å². The van der Waals surface area contributed by atoms with Crippen molar-refractivity contribution in [3.63, 3.8) is 0 Å². The summed E-state index contributed by atoms with van der Waals surface area (Å²) in [5.41, 5.74) is -0.343. The van der Waals surface area contributed by atoms with Gasteiger partial charge in [0.05, 0.1) is 12.5 Å². The zero-order valence-corrected chi connectivity index (χ0v) is 10.4. The van der Waals surface area contributed by atoms with E-state index in [1.165, 1.54) is 17.0 Å². The molecule has 1 aromatic rings. The number of halogens is 1. The van der Waals surface area contributed by atoms with Gasteiger partial charge in [0.1, 0.15) is 17.1 Å². The second-order valence-corrected chi connectivity index (χ2v) is 4.13. The van der Waals surface area contributed by atoms with E-state index in [2.05, 4.69) is 0 Å². The lowest BCUT2D eigenvalue weighted by molar-refractivity contribution is 0.0702. The van der Waals surface area contributed by atoms with E-state index in [-0.39, 0.29) is 30.3 Å². The van der Waals surface area contributed by atoms with Crippen molar-refractivity contribution in [1.82, 2.24) is 4.90 Å². The van der Waals surface area contributed by atoms with Crippen molar-refractivity contribution in [2.24, 2.45) is 0 Å². The Hall–Kier alpha value is -2.09. The maximum absolute atomic E-state index is 13.6. The van der Waals surface area contributed by atoms with E-state index in [1.807, 2.05) is 6.07 Å². The lowest BCUT2D eigenvalue weighted by Gasteiger charge is -2.26. The molecule has 4 nitrogen and oxygen atoms in total. The van der Waals surface area contributed by atoms with Crippen molar-refractivity contribution in [3.05, 3.63) is 29.6 Å².